The average Bonchev–Trinajstić information content (AvgIpc) is 2.96. The highest BCUT2D eigenvalue weighted by atomic mass is 32.2. The van der Waals surface area contributed by atoms with Crippen LogP contribution in [0.4, 0.5) is 5.69 Å². The minimum absolute atomic E-state index is 0.0595. The number of nitriles is 1. The number of nitrogens with one attached hydrogen (secondary N) is 2. The molecule has 1 aliphatic rings. The highest BCUT2D eigenvalue weighted by Gasteiger charge is 2.38. The zero-order valence-corrected chi connectivity index (χ0v) is 14.1. The second-order valence-corrected chi connectivity index (χ2v) is 7.79. The molecule has 0 radical (unpaired) electrons. The van der Waals surface area contributed by atoms with Gasteiger partial charge < -0.3 is 5.32 Å². The third kappa shape index (κ3) is 4.11. The largest absolute Gasteiger partial charge is 0.325 e. The monoisotopic (exact) mass is 349 g/mol. The van der Waals surface area contributed by atoms with Crippen molar-refractivity contribution in [2.45, 2.75) is 43.9 Å². The number of benzene rings is 1. The van der Waals surface area contributed by atoms with Crippen LogP contribution in [0.1, 0.15) is 39.0 Å². The minimum Gasteiger partial charge on any atom is -0.325 e. The summed E-state index contributed by atoms with van der Waals surface area (Å²) in [6.45, 7) is 1.78. The lowest BCUT2D eigenvalue weighted by Gasteiger charge is -2.22. The Morgan fingerprint density at radius 1 is 1.21 bits per heavy atom. The Labute approximate surface area is 141 Å². The fourth-order valence-electron chi connectivity index (χ4n) is 2.68. The Morgan fingerprint density at radius 2 is 1.79 bits per heavy atom. The summed E-state index contributed by atoms with van der Waals surface area (Å²) in [4.78, 5) is 23.5. The van der Waals surface area contributed by atoms with Crippen molar-refractivity contribution in [1.82, 2.24) is 4.72 Å². The number of nitrogens with zero attached hydrogens (tertiary/aromatic N) is 1. The Balaban J connectivity index is 2.08. The van der Waals surface area contributed by atoms with Gasteiger partial charge in [0, 0.05) is 11.1 Å². The van der Waals surface area contributed by atoms with Gasteiger partial charge in [0.25, 0.3) is 10.0 Å². The van der Waals surface area contributed by atoms with Crippen molar-refractivity contribution < 1.29 is 18.0 Å². The van der Waals surface area contributed by atoms with Crippen molar-refractivity contribution in [2.75, 3.05) is 5.32 Å². The first kappa shape index (κ1) is 17.9. The molecule has 0 spiro atoms. The topological polar surface area (TPSA) is 116 Å². The fraction of sp³-hybridized carbons (Fsp3) is 0.438. The molecule has 24 heavy (non-hydrogen) atoms. The maximum absolute atomic E-state index is 12.3. The van der Waals surface area contributed by atoms with E-state index in [0.29, 0.717) is 18.5 Å². The van der Waals surface area contributed by atoms with Crippen molar-refractivity contribution in [3.63, 3.8) is 0 Å². The van der Waals surface area contributed by atoms with Crippen LogP contribution in [0.5, 0.6) is 0 Å². The van der Waals surface area contributed by atoms with Crippen molar-refractivity contribution in [1.29, 1.82) is 5.26 Å². The number of sulfonamides is 1. The summed E-state index contributed by atoms with van der Waals surface area (Å²) in [5, 5.41) is 10.9. The summed E-state index contributed by atoms with van der Waals surface area (Å²) in [5.41, 5.74) is -0.263. The van der Waals surface area contributed by atoms with Gasteiger partial charge in [0.05, 0.1) is 11.0 Å². The molecule has 0 saturated heterocycles. The molecule has 0 aliphatic heterocycles. The van der Waals surface area contributed by atoms with E-state index < -0.39 is 27.3 Å². The number of rotatable bonds is 5. The SMILES string of the molecule is CC1(C(=O)NS(=O)(=O)c2ccc(NC(=O)CC#N)cc2)CCCC1. The van der Waals surface area contributed by atoms with E-state index in [0.717, 1.165) is 12.8 Å². The molecule has 1 aliphatic carbocycles. The van der Waals surface area contributed by atoms with Crippen LogP contribution in [-0.4, -0.2) is 20.2 Å². The van der Waals surface area contributed by atoms with Gasteiger partial charge in [-0.1, -0.05) is 19.8 Å². The Bertz CT molecular complexity index is 773. The lowest BCUT2D eigenvalue weighted by atomic mass is 9.88. The second kappa shape index (κ2) is 7.01. The molecule has 0 heterocycles. The first-order valence-electron chi connectivity index (χ1n) is 7.61. The van der Waals surface area contributed by atoms with Crippen LogP contribution in [0.25, 0.3) is 0 Å². The van der Waals surface area contributed by atoms with Crippen LogP contribution >= 0.6 is 0 Å². The molecule has 1 aromatic rings. The molecule has 8 heteroatoms. The maximum atomic E-state index is 12.3. The summed E-state index contributed by atoms with van der Waals surface area (Å²) in [7, 11) is -3.96. The molecule has 1 saturated carbocycles. The number of carbonyl (C=O) groups is 2. The number of carbonyl (C=O) groups excluding carboxylic acids is 2. The number of anilines is 1. The Morgan fingerprint density at radius 3 is 2.33 bits per heavy atom. The molecule has 2 N–H and O–H groups in total. The van der Waals surface area contributed by atoms with Crippen LogP contribution in [0.15, 0.2) is 29.2 Å². The molecular weight excluding hydrogens is 330 g/mol. The van der Waals surface area contributed by atoms with Crippen LogP contribution in [-0.2, 0) is 19.6 Å². The van der Waals surface area contributed by atoms with Gasteiger partial charge in [-0.2, -0.15) is 5.26 Å². The summed E-state index contributed by atoms with van der Waals surface area (Å²) >= 11 is 0. The molecule has 128 valence electrons. The Kier molecular flexibility index (Phi) is 5.24. The van der Waals surface area contributed by atoms with Gasteiger partial charge >= 0.3 is 0 Å². The van der Waals surface area contributed by atoms with Crippen LogP contribution in [0.3, 0.4) is 0 Å². The van der Waals surface area contributed by atoms with E-state index in [2.05, 4.69) is 10.0 Å². The van der Waals surface area contributed by atoms with E-state index in [-0.39, 0.29) is 11.3 Å². The first-order valence-corrected chi connectivity index (χ1v) is 9.09. The van der Waals surface area contributed by atoms with Gasteiger partial charge in [0.15, 0.2) is 0 Å². The third-order valence-corrected chi connectivity index (χ3v) is 5.52. The molecule has 1 aromatic carbocycles. The predicted molar refractivity (Wildman–Crippen MR) is 87.2 cm³/mol. The molecule has 2 amide bonds. The lowest BCUT2D eigenvalue weighted by Crippen LogP contribution is -2.40. The highest BCUT2D eigenvalue weighted by molar-refractivity contribution is 7.90. The Hall–Kier alpha value is -2.40. The number of amides is 2. The van der Waals surface area contributed by atoms with Crippen molar-refractivity contribution in [3.05, 3.63) is 24.3 Å². The second-order valence-electron chi connectivity index (χ2n) is 6.11. The van der Waals surface area contributed by atoms with Gasteiger partial charge in [0.2, 0.25) is 11.8 Å². The van der Waals surface area contributed by atoms with E-state index in [9.17, 15) is 18.0 Å². The standard InChI is InChI=1S/C16H19N3O4S/c1-16(9-2-3-10-16)15(21)19-24(22,23)13-6-4-12(5-7-13)18-14(20)8-11-17/h4-7H,2-3,8-10H2,1H3,(H,18,20)(H,19,21). The van der Waals surface area contributed by atoms with E-state index in [4.69, 9.17) is 5.26 Å². The molecule has 2 rings (SSSR count). The maximum Gasteiger partial charge on any atom is 0.264 e. The molecule has 0 aromatic heterocycles. The number of hydrogen-bond donors (Lipinski definition) is 2. The zero-order chi connectivity index (χ0) is 17.8. The summed E-state index contributed by atoms with van der Waals surface area (Å²) in [6, 6.07) is 7.14. The van der Waals surface area contributed by atoms with Gasteiger partial charge in [-0.15, -0.1) is 0 Å². The molecular formula is C16H19N3O4S. The molecule has 0 unspecified atom stereocenters. The highest BCUT2D eigenvalue weighted by Crippen LogP contribution is 2.37. The van der Waals surface area contributed by atoms with Crippen molar-refractivity contribution in [3.8, 4) is 6.07 Å². The summed E-state index contributed by atoms with van der Waals surface area (Å²) < 4.78 is 26.8. The van der Waals surface area contributed by atoms with E-state index in [1.54, 1.807) is 13.0 Å². The fourth-order valence-corrected chi connectivity index (χ4v) is 3.78. The van der Waals surface area contributed by atoms with Crippen molar-refractivity contribution >= 4 is 27.5 Å². The van der Waals surface area contributed by atoms with Gasteiger partial charge in [-0.05, 0) is 37.1 Å². The first-order chi connectivity index (χ1) is 11.3. The zero-order valence-electron chi connectivity index (χ0n) is 13.3. The molecule has 7 nitrogen and oxygen atoms in total. The van der Waals surface area contributed by atoms with Gasteiger partial charge in [-0.3, -0.25) is 9.59 Å². The van der Waals surface area contributed by atoms with Crippen LogP contribution in [0, 0.1) is 16.7 Å². The van der Waals surface area contributed by atoms with Gasteiger partial charge in [0.1, 0.15) is 6.42 Å². The molecule has 0 bridgehead atoms. The summed E-state index contributed by atoms with van der Waals surface area (Å²) in [6.07, 6.45) is 2.91. The lowest BCUT2D eigenvalue weighted by molar-refractivity contribution is -0.128. The average molecular weight is 349 g/mol. The van der Waals surface area contributed by atoms with E-state index in [1.165, 1.54) is 24.3 Å². The van der Waals surface area contributed by atoms with E-state index in [1.807, 2.05) is 0 Å². The minimum atomic E-state index is -3.96. The molecule has 1 fully saturated rings. The normalized spacial score (nSPS) is 16.2. The molecule has 0 atom stereocenters. The smallest absolute Gasteiger partial charge is 0.264 e. The predicted octanol–water partition coefficient (Wildman–Crippen LogP) is 1.92. The quantitative estimate of drug-likeness (QED) is 0.842. The van der Waals surface area contributed by atoms with Gasteiger partial charge in [-0.25, -0.2) is 13.1 Å². The van der Waals surface area contributed by atoms with Crippen LogP contribution < -0.4 is 10.0 Å². The number of hydrogen-bond acceptors (Lipinski definition) is 5. The van der Waals surface area contributed by atoms with Crippen LogP contribution in [0.2, 0.25) is 0 Å². The summed E-state index contributed by atoms with van der Waals surface area (Å²) in [5.74, 6) is -0.957. The van der Waals surface area contributed by atoms with Crippen molar-refractivity contribution in [2.24, 2.45) is 5.41 Å². The third-order valence-electron chi connectivity index (χ3n) is 4.17. The van der Waals surface area contributed by atoms with E-state index >= 15 is 0 Å².